The van der Waals surface area contributed by atoms with Crippen LogP contribution < -0.4 is 9.46 Å². The van der Waals surface area contributed by atoms with Gasteiger partial charge in [0.1, 0.15) is 17.0 Å². The van der Waals surface area contributed by atoms with Gasteiger partial charge in [-0.2, -0.15) is 0 Å². The van der Waals surface area contributed by atoms with Gasteiger partial charge in [0.25, 0.3) is 0 Å². The van der Waals surface area contributed by atoms with Crippen molar-refractivity contribution < 1.29 is 22.6 Å². The maximum Gasteiger partial charge on any atom is 0.240 e. The minimum Gasteiger partial charge on any atom is -0.481 e. The van der Waals surface area contributed by atoms with Crippen molar-refractivity contribution in [2.24, 2.45) is 0 Å². The Hall–Kier alpha value is -3.16. The first-order valence-electron chi connectivity index (χ1n) is 12.7. The number of anilines is 1. The first-order valence-corrected chi connectivity index (χ1v) is 14.2. The van der Waals surface area contributed by atoms with Crippen LogP contribution in [0.25, 0.3) is 11.5 Å². The zero-order valence-electron chi connectivity index (χ0n) is 22.4. The van der Waals surface area contributed by atoms with E-state index in [0.717, 1.165) is 24.8 Å². The monoisotopic (exact) mass is 545 g/mol. The van der Waals surface area contributed by atoms with Crippen molar-refractivity contribution in [1.82, 2.24) is 29.7 Å². The van der Waals surface area contributed by atoms with Gasteiger partial charge in [-0.1, -0.05) is 13.0 Å². The number of hydrogen-bond donors (Lipinski definition) is 1. The highest BCUT2D eigenvalue weighted by atomic mass is 32.2. The molecule has 206 valence electrons. The Morgan fingerprint density at radius 3 is 2.58 bits per heavy atom. The molecule has 0 aliphatic carbocycles. The van der Waals surface area contributed by atoms with Crippen LogP contribution in [0.15, 0.2) is 30.6 Å². The number of pyridine rings is 1. The molecule has 4 atom stereocenters. The van der Waals surface area contributed by atoms with Crippen molar-refractivity contribution in [3.8, 4) is 17.4 Å². The first kappa shape index (κ1) is 27.9. The molecule has 1 fully saturated rings. The topological polar surface area (TPSA) is 143 Å². The van der Waals surface area contributed by atoms with Crippen LogP contribution in [0.2, 0.25) is 0 Å². The molecule has 3 aromatic rings. The van der Waals surface area contributed by atoms with Crippen molar-refractivity contribution in [3.05, 3.63) is 42.0 Å². The fraction of sp³-hybridized carbons (Fsp3) is 0.560. The van der Waals surface area contributed by atoms with E-state index in [9.17, 15) is 8.42 Å². The summed E-state index contributed by atoms with van der Waals surface area (Å²) < 4.78 is 48.6. The maximum absolute atomic E-state index is 13.6. The van der Waals surface area contributed by atoms with Crippen LogP contribution in [0.4, 0.5) is 5.95 Å². The van der Waals surface area contributed by atoms with E-state index in [4.69, 9.17) is 14.2 Å². The van der Waals surface area contributed by atoms with E-state index in [0.29, 0.717) is 30.4 Å². The molecule has 4 rings (SSSR count). The van der Waals surface area contributed by atoms with Crippen molar-refractivity contribution >= 4 is 16.0 Å². The molecular weight excluding hydrogens is 510 g/mol. The van der Waals surface area contributed by atoms with Gasteiger partial charge in [0, 0.05) is 32.2 Å². The third-order valence-corrected chi connectivity index (χ3v) is 8.40. The molecule has 1 aliphatic heterocycles. The van der Waals surface area contributed by atoms with Crippen molar-refractivity contribution in [2.45, 2.75) is 70.0 Å². The summed E-state index contributed by atoms with van der Waals surface area (Å²) in [6.45, 7) is 6.09. The van der Waals surface area contributed by atoms with Gasteiger partial charge in [-0.05, 0) is 51.2 Å². The summed E-state index contributed by atoms with van der Waals surface area (Å²) in [5.41, 5.74) is 1.37. The molecule has 0 bridgehead atoms. The van der Waals surface area contributed by atoms with Gasteiger partial charge in [0.05, 0.1) is 19.3 Å². The second-order valence-corrected chi connectivity index (χ2v) is 11.3. The second kappa shape index (κ2) is 12.1. The molecule has 1 N–H and O–H groups in total. The SMILES string of the molecule is CC[C@H]([C@H]1CCCCO1)n1c(NS(=O)(=O)[C@@H](C)[C@H](OC)c2ncc(C)cn2)nnc1-c1cccc(OC)n1. The molecule has 0 unspecified atom stereocenters. The molecule has 12 nitrogen and oxygen atoms in total. The third-order valence-electron chi connectivity index (χ3n) is 6.71. The minimum atomic E-state index is -4.02. The number of hydrogen-bond acceptors (Lipinski definition) is 10. The smallest absolute Gasteiger partial charge is 0.240 e. The highest BCUT2D eigenvalue weighted by Gasteiger charge is 2.36. The van der Waals surface area contributed by atoms with Crippen LogP contribution in [0.1, 0.15) is 63.1 Å². The third kappa shape index (κ3) is 5.94. The number of sulfonamides is 1. The Kier molecular flexibility index (Phi) is 8.90. The molecule has 1 aliphatic rings. The Labute approximate surface area is 223 Å². The molecule has 0 saturated carbocycles. The molecule has 13 heteroatoms. The largest absolute Gasteiger partial charge is 0.481 e. The Bertz CT molecular complexity index is 1310. The van der Waals surface area contributed by atoms with Gasteiger partial charge in [0.2, 0.25) is 21.9 Å². The van der Waals surface area contributed by atoms with Gasteiger partial charge in [-0.15, -0.1) is 10.2 Å². The lowest BCUT2D eigenvalue weighted by Crippen LogP contribution is -2.35. The number of ether oxygens (including phenoxy) is 3. The normalized spacial score (nSPS) is 18.5. The zero-order chi connectivity index (χ0) is 27.3. The van der Waals surface area contributed by atoms with Gasteiger partial charge >= 0.3 is 0 Å². The van der Waals surface area contributed by atoms with Crippen molar-refractivity contribution in [3.63, 3.8) is 0 Å². The summed E-state index contributed by atoms with van der Waals surface area (Å²) in [5.74, 6) is 1.19. The van der Waals surface area contributed by atoms with Crippen LogP contribution in [0.5, 0.6) is 5.88 Å². The quantitative estimate of drug-likeness (QED) is 0.380. The molecular formula is C25H35N7O5S. The number of aryl methyl sites for hydroxylation is 1. The molecule has 0 aromatic carbocycles. The second-order valence-electron chi connectivity index (χ2n) is 9.29. The summed E-state index contributed by atoms with van der Waals surface area (Å²) in [7, 11) is -1.06. The van der Waals surface area contributed by atoms with Crippen molar-refractivity contribution in [2.75, 3.05) is 25.5 Å². The van der Waals surface area contributed by atoms with Gasteiger partial charge < -0.3 is 14.2 Å². The van der Waals surface area contributed by atoms with E-state index in [-0.39, 0.29) is 23.9 Å². The lowest BCUT2D eigenvalue weighted by molar-refractivity contribution is -0.0169. The van der Waals surface area contributed by atoms with Crippen molar-refractivity contribution in [1.29, 1.82) is 0 Å². The Balaban J connectivity index is 1.73. The average molecular weight is 546 g/mol. The van der Waals surface area contributed by atoms with E-state index in [1.807, 2.05) is 13.8 Å². The highest BCUT2D eigenvalue weighted by Crippen LogP contribution is 2.34. The molecule has 0 radical (unpaired) electrons. The average Bonchev–Trinajstić information content (AvgIpc) is 3.33. The van der Waals surface area contributed by atoms with Gasteiger partial charge in [0.15, 0.2) is 11.6 Å². The standard InChI is InChI=1S/C25H35N7O5S/c1-6-19(20-11-7-8-13-37-20)32-24(18-10-9-12-21(28-18)35-4)29-30-25(32)31-38(33,34)17(3)22(36-5)23-26-14-16(2)15-27-23/h9-10,12,14-15,17,19-20,22H,6-8,11,13H2,1-5H3,(H,30,31)/t17-,19+,20+,22-/m0/s1. The van der Waals surface area contributed by atoms with Crippen LogP contribution in [0.3, 0.4) is 0 Å². The Morgan fingerprint density at radius 1 is 1.18 bits per heavy atom. The molecule has 0 amide bonds. The zero-order valence-corrected chi connectivity index (χ0v) is 23.2. The molecule has 1 saturated heterocycles. The number of rotatable bonds is 11. The molecule has 4 heterocycles. The maximum atomic E-state index is 13.6. The predicted molar refractivity (Wildman–Crippen MR) is 141 cm³/mol. The number of aromatic nitrogens is 6. The summed E-state index contributed by atoms with van der Waals surface area (Å²) in [4.78, 5) is 13.1. The summed E-state index contributed by atoms with van der Waals surface area (Å²) in [5, 5.41) is 7.58. The van der Waals surface area contributed by atoms with Crippen LogP contribution in [-0.2, 0) is 19.5 Å². The van der Waals surface area contributed by atoms with E-state index >= 15 is 0 Å². The number of nitrogens with zero attached hydrogens (tertiary/aromatic N) is 6. The van der Waals surface area contributed by atoms with E-state index in [2.05, 4.69) is 29.9 Å². The van der Waals surface area contributed by atoms with Gasteiger partial charge in [-0.3, -0.25) is 9.29 Å². The predicted octanol–water partition coefficient (Wildman–Crippen LogP) is 3.49. The summed E-state index contributed by atoms with van der Waals surface area (Å²) >= 11 is 0. The lowest BCUT2D eigenvalue weighted by Gasteiger charge is -2.32. The number of nitrogens with one attached hydrogen (secondary N) is 1. The summed E-state index contributed by atoms with van der Waals surface area (Å²) in [6.07, 6.45) is 5.77. The first-order chi connectivity index (χ1) is 18.3. The fourth-order valence-electron chi connectivity index (χ4n) is 4.62. The van der Waals surface area contributed by atoms with E-state index in [1.54, 1.807) is 42.1 Å². The highest BCUT2D eigenvalue weighted by molar-refractivity contribution is 7.93. The lowest BCUT2D eigenvalue weighted by atomic mass is 9.99. The number of methoxy groups -OCH3 is 2. The summed E-state index contributed by atoms with van der Waals surface area (Å²) in [6, 6.07) is 5.10. The minimum absolute atomic E-state index is 0.0807. The molecule has 0 spiro atoms. The van der Waals surface area contributed by atoms with E-state index < -0.39 is 21.4 Å². The van der Waals surface area contributed by atoms with Crippen LogP contribution >= 0.6 is 0 Å². The fourth-order valence-corrected chi connectivity index (χ4v) is 5.76. The molecule has 38 heavy (non-hydrogen) atoms. The Morgan fingerprint density at radius 2 is 1.95 bits per heavy atom. The van der Waals surface area contributed by atoms with Gasteiger partial charge in [-0.25, -0.2) is 23.4 Å². The van der Waals surface area contributed by atoms with Crippen LogP contribution in [0, 0.1) is 6.92 Å². The van der Waals surface area contributed by atoms with E-state index in [1.165, 1.54) is 14.2 Å². The molecule has 3 aromatic heterocycles. The van der Waals surface area contributed by atoms with Crippen LogP contribution in [-0.4, -0.2) is 70.3 Å².